The van der Waals surface area contributed by atoms with E-state index in [0.29, 0.717) is 6.54 Å². The highest BCUT2D eigenvalue weighted by Gasteiger charge is 2.45. The van der Waals surface area contributed by atoms with Crippen LogP contribution in [0.2, 0.25) is 0 Å². The number of nitrogens with zero attached hydrogens (tertiary/aromatic N) is 2. The minimum absolute atomic E-state index is 0.0215. The number of amides is 2. The van der Waals surface area contributed by atoms with Crippen LogP contribution in [0.5, 0.6) is 0 Å². The quantitative estimate of drug-likeness (QED) is 0.796. The van der Waals surface area contributed by atoms with E-state index in [9.17, 15) is 9.59 Å². The molecule has 4 heteroatoms. The summed E-state index contributed by atoms with van der Waals surface area (Å²) in [6.07, 6.45) is 1.98. The molecule has 2 heterocycles. The second-order valence-corrected chi connectivity index (χ2v) is 7.50. The number of carbonyl (C=O) groups excluding carboxylic acids is 2. The molecule has 1 aromatic carbocycles. The standard InChI is InChI=1S/C18H22N2O2/c1-18(2)11-20-15(13-5-3-4-6-14(13)18)9-19(10-16(20)21)17(22)12-7-8-12/h3-6,12,15H,7-11H2,1-2H3. The second-order valence-electron chi connectivity index (χ2n) is 7.50. The topological polar surface area (TPSA) is 40.6 Å². The molecule has 2 amide bonds. The lowest BCUT2D eigenvalue weighted by Gasteiger charge is -2.49. The predicted octanol–water partition coefficient (Wildman–Crippen LogP) is 2.10. The Morgan fingerprint density at radius 2 is 1.95 bits per heavy atom. The zero-order valence-electron chi connectivity index (χ0n) is 13.2. The fraction of sp³-hybridized carbons (Fsp3) is 0.556. The van der Waals surface area contributed by atoms with Crippen molar-refractivity contribution in [2.75, 3.05) is 19.6 Å². The van der Waals surface area contributed by atoms with Crippen LogP contribution in [0.1, 0.15) is 43.9 Å². The third-order valence-electron chi connectivity index (χ3n) is 5.27. The molecule has 0 aromatic heterocycles. The summed E-state index contributed by atoms with van der Waals surface area (Å²) in [5, 5.41) is 0. The summed E-state index contributed by atoms with van der Waals surface area (Å²) in [4.78, 5) is 28.8. The van der Waals surface area contributed by atoms with Gasteiger partial charge >= 0.3 is 0 Å². The van der Waals surface area contributed by atoms with E-state index in [1.807, 2.05) is 11.0 Å². The summed E-state index contributed by atoms with van der Waals surface area (Å²) in [6.45, 7) is 6.02. The molecule has 2 fully saturated rings. The maximum Gasteiger partial charge on any atom is 0.242 e. The highest BCUT2D eigenvalue weighted by Crippen LogP contribution is 2.42. The monoisotopic (exact) mass is 298 g/mol. The molecule has 4 nitrogen and oxygen atoms in total. The molecule has 1 atom stereocenters. The highest BCUT2D eigenvalue weighted by molar-refractivity contribution is 5.88. The zero-order valence-corrected chi connectivity index (χ0v) is 13.2. The fourth-order valence-electron chi connectivity index (χ4n) is 3.94. The smallest absolute Gasteiger partial charge is 0.242 e. The number of benzene rings is 1. The van der Waals surface area contributed by atoms with Gasteiger partial charge in [0.05, 0.1) is 12.6 Å². The van der Waals surface area contributed by atoms with Gasteiger partial charge in [0.25, 0.3) is 0 Å². The van der Waals surface area contributed by atoms with Gasteiger partial charge in [-0.3, -0.25) is 9.59 Å². The van der Waals surface area contributed by atoms with Crippen molar-refractivity contribution in [2.45, 2.75) is 38.1 Å². The van der Waals surface area contributed by atoms with E-state index in [1.54, 1.807) is 4.90 Å². The van der Waals surface area contributed by atoms with Gasteiger partial charge in [0.1, 0.15) is 0 Å². The minimum atomic E-state index is -0.0363. The molecular formula is C18H22N2O2. The fourth-order valence-corrected chi connectivity index (χ4v) is 3.94. The Morgan fingerprint density at radius 1 is 1.23 bits per heavy atom. The molecule has 1 saturated carbocycles. The first-order valence-electron chi connectivity index (χ1n) is 8.15. The summed E-state index contributed by atoms with van der Waals surface area (Å²) in [5.74, 6) is 0.442. The Balaban J connectivity index is 1.71. The molecule has 1 unspecified atom stereocenters. The van der Waals surface area contributed by atoms with Crippen LogP contribution in [0.3, 0.4) is 0 Å². The summed E-state index contributed by atoms with van der Waals surface area (Å²) < 4.78 is 0. The molecule has 0 N–H and O–H groups in total. The Bertz CT molecular complexity index is 648. The highest BCUT2D eigenvalue weighted by atomic mass is 16.2. The van der Waals surface area contributed by atoms with E-state index in [0.717, 1.165) is 19.4 Å². The van der Waals surface area contributed by atoms with Crippen LogP contribution in [-0.2, 0) is 15.0 Å². The molecular weight excluding hydrogens is 276 g/mol. The van der Waals surface area contributed by atoms with E-state index in [1.165, 1.54) is 11.1 Å². The van der Waals surface area contributed by atoms with Gasteiger partial charge in [0.15, 0.2) is 0 Å². The number of piperazine rings is 1. The third-order valence-corrected chi connectivity index (χ3v) is 5.27. The van der Waals surface area contributed by atoms with E-state index < -0.39 is 0 Å². The molecule has 2 aliphatic heterocycles. The Morgan fingerprint density at radius 3 is 2.68 bits per heavy atom. The van der Waals surface area contributed by atoms with Gasteiger partial charge in [-0.2, -0.15) is 0 Å². The van der Waals surface area contributed by atoms with Crippen molar-refractivity contribution < 1.29 is 9.59 Å². The molecule has 1 aliphatic carbocycles. The minimum Gasteiger partial charge on any atom is -0.331 e. The largest absolute Gasteiger partial charge is 0.331 e. The SMILES string of the molecule is CC1(C)CN2C(=O)CN(C(=O)C3CC3)CC2c2ccccc21. The van der Waals surface area contributed by atoms with Gasteiger partial charge in [-0.15, -0.1) is 0 Å². The summed E-state index contributed by atoms with van der Waals surface area (Å²) >= 11 is 0. The first-order valence-corrected chi connectivity index (χ1v) is 8.15. The van der Waals surface area contributed by atoms with Crippen LogP contribution >= 0.6 is 0 Å². The van der Waals surface area contributed by atoms with Crippen LogP contribution in [0.25, 0.3) is 0 Å². The van der Waals surface area contributed by atoms with Crippen LogP contribution in [0, 0.1) is 5.92 Å². The average Bonchev–Trinajstić information content (AvgIpc) is 3.32. The molecule has 0 bridgehead atoms. The summed E-state index contributed by atoms with van der Waals surface area (Å²) in [6, 6.07) is 8.40. The molecule has 22 heavy (non-hydrogen) atoms. The van der Waals surface area contributed by atoms with Gasteiger partial charge in [-0.25, -0.2) is 0 Å². The van der Waals surface area contributed by atoms with Crippen LogP contribution in [0.4, 0.5) is 0 Å². The van der Waals surface area contributed by atoms with Crippen molar-refractivity contribution in [2.24, 2.45) is 5.92 Å². The van der Waals surface area contributed by atoms with Crippen molar-refractivity contribution in [1.82, 2.24) is 9.80 Å². The molecule has 0 radical (unpaired) electrons. The number of hydrogen-bond donors (Lipinski definition) is 0. The van der Waals surface area contributed by atoms with Gasteiger partial charge in [0.2, 0.25) is 11.8 Å². The number of carbonyl (C=O) groups is 2. The molecule has 3 aliphatic rings. The Hall–Kier alpha value is -1.84. The van der Waals surface area contributed by atoms with Crippen LogP contribution in [-0.4, -0.2) is 41.2 Å². The molecule has 1 saturated heterocycles. The van der Waals surface area contributed by atoms with Gasteiger partial charge in [0, 0.05) is 24.4 Å². The van der Waals surface area contributed by atoms with Crippen LogP contribution in [0.15, 0.2) is 24.3 Å². The molecule has 1 aromatic rings. The summed E-state index contributed by atoms with van der Waals surface area (Å²) in [7, 11) is 0. The van der Waals surface area contributed by atoms with E-state index >= 15 is 0 Å². The lowest BCUT2D eigenvalue weighted by Crippen LogP contribution is -2.58. The van der Waals surface area contributed by atoms with E-state index in [2.05, 4.69) is 32.0 Å². The first kappa shape index (κ1) is 13.8. The molecule has 0 spiro atoms. The maximum atomic E-state index is 12.6. The number of rotatable bonds is 1. The number of hydrogen-bond acceptors (Lipinski definition) is 2. The van der Waals surface area contributed by atoms with Crippen molar-refractivity contribution in [3.8, 4) is 0 Å². The number of fused-ring (bicyclic) bond motifs is 3. The normalized spacial score (nSPS) is 26.5. The van der Waals surface area contributed by atoms with Crippen molar-refractivity contribution >= 4 is 11.8 Å². The van der Waals surface area contributed by atoms with Crippen LogP contribution < -0.4 is 0 Å². The van der Waals surface area contributed by atoms with E-state index in [-0.39, 0.29) is 35.7 Å². The molecule has 116 valence electrons. The lowest BCUT2D eigenvalue weighted by molar-refractivity contribution is -0.151. The average molecular weight is 298 g/mol. The maximum absolute atomic E-state index is 12.6. The summed E-state index contributed by atoms with van der Waals surface area (Å²) in [5.41, 5.74) is 2.48. The first-order chi connectivity index (χ1) is 10.5. The molecule has 4 rings (SSSR count). The van der Waals surface area contributed by atoms with Crippen molar-refractivity contribution in [3.63, 3.8) is 0 Å². The van der Waals surface area contributed by atoms with Gasteiger partial charge < -0.3 is 9.80 Å². The van der Waals surface area contributed by atoms with Crippen molar-refractivity contribution in [3.05, 3.63) is 35.4 Å². The third kappa shape index (κ3) is 2.04. The Kier molecular flexibility index (Phi) is 2.87. The predicted molar refractivity (Wildman–Crippen MR) is 83.2 cm³/mol. The zero-order chi connectivity index (χ0) is 15.5. The van der Waals surface area contributed by atoms with E-state index in [4.69, 9.17) is 0 Å². The van der Waals surface area contributed by atoms with Gasteiger partial charge in [-0.05, 0) is 24.0 Å². The van der Waals surface area contributed by atoms with Crippen molar-refractivity contribution in [1.29, 1.82) is 0 Å². The lowest BCUT2D eigenvalue weighted by atomic mass is 9.75. The second kappa shape index (κ2) is 4.58. The Labute approximate surface area is 131 Å². The van der Waals surface area contributed by atoms with Gasteiger partial charge in [-0.1, -0.05) is 38.1 Å².